The Kier molecular flexibility index (Phi) is 3.51. The van der Waals surface area contributed by atoms with Crippen molar-refractivity contribution in [2.75, 3.05) is 12.8 Å². The molecule has 0 saturated carbocycles. The molecule has 0 saturated heterocycles. The fourth-order valence-electron chi connectivity index (χ4n) is 1.85. The summed E-state index contributed by atoms with van der Waals surface area (Å²) in [5.41, 5.74) is 7.34. The number of nitrogens with two attached hydrogens (primary N) is 1. The van der Waals surface area contributed by atoms with Crippen LogP contribution >= 0.6 is 0 Å². The molecule has 0 bridgehead atoms. The Balaban J connectivity index is 2.47. The average molecular weight is 259 g/mol. The van der Waals surface area contributed by atoms with E-state index >= 15 is 0 Å². The van der Waals surface area contributed by atoms with Crippen molar-refractivity contribution in [1.82, 2.24) is 0 Å². The predicted molar refractivity (Wildman–Crippen MR) is 72.0 cm³/mol. The van der Waals surface area contributed by atoms with Gasteiger partial charge < -0.3 is 10.5 Å². The van der Waals surface area contributed by atoms with Gasteiger partial charge in [-0.05, 0) is 30.7 Å². The molecule has 0 aromatic heterocycles. The first-order chi connectivity index (χ1) is 9.04. The number of ether oxygens (including phenoxy) is 1. The highest BCUT2D eigenvalue weighted by molar-refractivity contribution is 6.10. The summed E-state index contributed by atoms with van der Waals surface area (Å²) in [6, 6.07) is 9.18. The second-order valence-corrected chi connectivity index (χ2v) is 4.19. The van der Waals surface area contributed by atoms with Gasteiger partial charge in [0, 0.05) is 17.3 Å². The van der Waals surface area contributed by atoms with Gasteiger partial charge in [0.1, 0.15) is 11.6 Å². The Hall–Kier alpha value is -2.36. The van der Waals surface area contributed by atoms with Crippen LogP contribution in [0, 0.1) is 12.7 Å². The van der Waals surface area contributed by atoms with Crippen LogP contribution in [0.4, 0.5) is 10.1 Å². The lowest BCUT2D eigenvalue weighted by molar-refractivity contribution is 0.103. The van der Waals surface area contributed by atoms with E-state index in [9.17, 15) is 9.18 Å². The molecule has 0 radical (unpaired) electrons. The minimum Gasteiger partial charge on any atom is -0.497 e. The zero-order valence-corrected chi connectivity index (χ0v) is 10.7. The van der Waals surface area contributed by atoms with Gasteiger partial charge >= 0.3 is 0 Å². The van der Waals surface area contributed by atoms with Gasteiger partial charge in [-0.25, -0.2) is 4.39 Å². The molecule has 98 valence electrons. The van der Waals surface area contributed by atoms with Crippen LogP contribution in [0.25, 0.3) is 0 Å². The van der Waals surface area contributed by atoms with Gasteiger partial charge in [-0.1, -0.05) is 12.1 Å². The fraction of sp³-hybridized carbons (Fsp3) is 0.133. The Bertz CT molecular complexity index is 638. The highest BCUT2D eigenvalue weighted by atomic mass is 19.1. The molecular formula is C15H14FNO2. The number of hydrogen-bond acceptors (Lipinski definition) is 3. The van der Waals surface area contributed by atoms with E-state index in [0.29, 0.717) is 22.6 Å². The number of ketones is 1. The summed E-state index contributed by atoms with van der Waals surface area (Å²) in [6.45, 7) is 1.74. The second-order valence-electron chi connectivity index (χ2n) is 4.19. The number of methoxy groups -OCH3 is 1. The normalized spacial score (nSPS) is 10.3. The summed E-state index contributed by atoms with van der Waals surface area (Å²) in [4.78, 5) is 12.3. The minimum absolute atomic E-state index is 0.00880. The number of carbonyl (C=O) groups excluding carboxylic acids is 1. The fourth-order valence-corrected chi connectivity index (χ4v) is 1.85. The van der Waals surface area contributed by atoms with Crippen molar-refractivity contribution in [1.29, 1.82) is 0 Å². The molecule has 0 fully saturated rings. The van der Waals surface area contributed by atoms with Crippen molar-refractivity contribution < 1.29 is 13.9 Å². The van der Waals surface area contributed by atoms with Crippen molar-refractivity contribution in [3.63, 3.8) is 0 Å². The van der Waals surface area contributed by atoms with E-state index in [2.05, 4.69) is 0 Å². The molecule has 3 nitrogen and oxygen atoms in total. The molecule has 0 aliphatic heterocycles. The number of benzene rings is 2. The van der Waals surface area contributed by atoms with E-state index in [-0.39, 0.29) is 11.3 Å². The number of carbonyl (C=O) groups is 1. The largest absolute Gasteiger partial charge is 0.497 e. The lowest BCUT2D eigenvalue weighted by Crippen LogP contribution is -2.07. The third kappa shape index (κ3) is 2.42. The third-order valence-electron chi connectivity index (χ3n) is 3.04. The van der Waals surface area contributed by atoms with Crippen molar-refractivity contribution in [3.8, 4) is 5.75 Å². The molecule has 0 aliphatic rings. The summed E-state index contributed by atoms with van der Waals surface area (Å²) in [7, 11) is 1.44. The predicted octanol–water partition coefficient (Wildman–Crippen LogP) is 2.96. The molecule has 2 aromatic carbocycles. The van der Waals surface area contributed by atoms with Crippen LogP contribution in [-0.4, -0.2) is 12.9 Å². The monoisotopic (exact) mass is 259 g/mol. The Morgan fingerprint density at radius 2 is 1.95 bits per heavy atom. The zero-order valence-electron chi connectivity index (χ0n) is 10.7. The molecule has 0 atom stereocenters. The highest BCUT2D eigenvalue weighted by Crippen LogP contribution is 2.22. The maximum atomic E-state index is 13.9. The van der Waals surface area contributed by atoms with Crippen molar-refractivity contribution in [2.45, 2.75) is 6.92 Å². The van der Waals surface area contributed by atoms with Crippen LogP contribution in [0.3, 0.4) is 0 Å². The van der Waals surface area contributed by atoms with E-state index in [1.807, 2.05) is 0 Å². The van der Waals surface area contributed by atoms with Gasteiger partial charge in [-0.3, -0.25) is 4.79 Å². The second kappa shape index (κ2) is 5.10. The van der Waals surface area contributed by atoms with E-state index in [1.54, 1.807) is 31.2 Å². The Morgan fingerprint density at radius 1 is 1.21 bits per heavy atom. The first-order valence-electron chi connectivity index (χ1n) is 5.78. The zero-order chi connectivity index (χ0) is 14.0. The van der Waals surface area contributed by atoms with E-state index in [0.717, 1.165) is 0 Å². The summed E-state index contributed by atoms with van der Waals surface area (Å²) in [5, 5.41) is 0. The van der Waals surface area contributed by atoms with Gasteiger partial charge in [-0.2, -0.15) is 0 Å². The molecule has 4 heteroatoms. The number of anilines is 1. The molecule has 19 heavy (non-hydrogen) atoms. The van der Waals surface area contributed by atoms with Gasteiger partial charge in [0.2, 0.25) is 0 Å². The minimum atomic E-state index is -0.605. The molecule has 2 N–H and O–H groups in total. The average Bonchev–Trinajstić information content (AvgIpc) is 2.41. The summed E-state index contributed by atoms with van der Waals surface area (Å²) in [5.74, 6) is -0.616. The summed E-state index contributed by atoms with van der Waals surface area (Å²) >= 11 is 0. The lowest BCUT2D eigenvalue weighted by Gasteiger charge is -2.09. The van der Waals surface area contributed by atoms with Crippen LogP contribution in [0.15, 0.2) is 36.4 Å². The maximum Gasteiger partial charge on any atom is 0.196 e. The number of halogens is 1. The van der Waals surface area contributed by atoms with Crippen LogP contribution in [-0.2, 0) is 0 Å². The Morgan fingerprint density at radius 3 is 2.58 bits per heavy atom. The Labute approximate surface area is 110 Å². The maximum absolute atomic E-state index is 13.9. The smallest absolute Gasteiger partial charge is 0.196 e. The van der Waals surface area contributed by atoms with E-state index < -0.39 is 5.82 Å². The molecule has 2 aromatic rings. The topological polar surface area (TPSA) is 52.3 Å². The molecular weight excluding hydrogens is 245 g/mol. The standard InChI is InChI=1S/C15H14FNO2/c1-9-11(4-3-5-14(9)17)15(18)12-7-6-10(19-2)8-13(12)16/h3-8H,17H2,1-2H3. The van der Waals surface area contributed by atoms with E-state index in [4.69, 9.17) is 10.5 Å². The highest BCUT2D eigenvalue weighted by Gasteiger charge is 2.17. The van der Waals surface area contributed by atoms with Gasteiger partial charge in [0.15, 0.2) is 5.78 Å². The van der Waals surface area contributed by atoms with Crippen molar-refractivity contribution in [2.24, 2.45) is 0 Å². The van der Waals surface area contributed by atoms with Crippen LogP contribution in [0.5, 0.6) is 5.75 Å². The quantitative estimate of drug-likeness (QED) is 0.681. The SMILES string of the molecule is COc1ccc(C(=O)c2cccc(N)c2C)c(F)c1. The van der Waals surface area contributed by atoms with Gasteiger partial charge in [-0.15, -0.1) is 0 Å². The summed E-state index contributed by atoms with van der Waals surface area (Å²) in [6.07, 6.45) is 0. The third-order valence-corrected chi connectivity index (χ3v) is 3.04. The first-order valence-corrected chi connectivity index (χ1v) is 5.78. The van der Waals surface area contributed by atoms with Gasteiger partial charge in [0.05, 0.1) is 12.7 Å². The molecule has 0 heterocycles. The number of nitrogen functional groups attached to an aromatic ring is 1. The van der Waals surface area contributed by atoms with E-state index in [1.165, 1.54) is 19.2 Å². The van der Waals surface area contributed by atoms with Crippen LogP contribution in [0.2, 0.25) is 0 Å². The lowest BCUT2D eigenvalue weighted by atomic mass is 9.97. The number of rotatable bonds is 3. The van der Waals surface area contributed by atoms with Crippen molar-refractivity contribution >= 4 is 11.5 Å². The molecule has 0 aliphatic carbocycles. The molecule has 0 unspecified atom stereocenters. The number of hydrogen-bond donors (Lipinski definition) is 1. The van der Waals surface area contributed by atoms with Crippen LogP contribution < -0.4 is 10.5 Å². The molecule has 2 rings (SSSR count). The summed E-state index contributed by atoms with van der Waals surface area (Å²) < 4.78 is 18.8. The van der Waals surface area contributed by atoms with Crippen LogP contribution in [0.1, 0.15) is 21.5 Å². The first kappa shape index (κ1) is 13.1. The molecule has 0 spiro atoms. The molecule has 0 amide bonds. The van der Waals surface area contributed by atoms with Crippen molar-refractivity contribution in [3.05, 3.63) is 58.9 Å². The van der Waals surface area contributed by atoms with Gasteiger partial charge in [0.25, 0.3) is 0 Å².